The van der Waals surface area contributed by atoms with Gasteiger partial charge in [0, 0.05) is 26.2 Å². The standard InChI is InChI=1S/C11H16N4OS/c1-3-4-10(16)14-5-7-15(8-6-14)11-13-12-9(2)17-11/h3-4H,5-8H2,1-2H3/b4-3+. The first-order valence-electron chi connectivity index (χ1n) is 5.67. The molecule has 2 heterocycles. The van der Waals surface area contributed by atoms with Crippen LogP contribution in [0.2, 0.25) is 0 Å². The molecular weight excluding hydrogens is 236 g/mol. The molecular formula is C11H16N4OS. The molecule has 17 heavy (non-hydrogen) atoms. The zero-order valence-corrected chi connectivity index (χ0v) is 10.9. The van der Waals surface area contributed by atoms with Crippen LogP contribution in [0.5, 0.6) is 0 Å². The third-order valence-electron chi connectivity index (χ3n) is 2.69. The number of anilines is 1. The average Bonchev–Trinajstić information content (AvgIpc) is 2.76. The molecule has 0 spiro atoms. The predicted molar refractivity (Wildman–Crippen MR) is 68.3 cm³/mol. The molecule has 1 aromatic rings. The van der Waals surface area contributed by atoms with Gasteiger partial charge in [-0.05, 0) is 19.9 Å². The van der Waals surface area contributed by atoms with Crippen LogP contribution in [0.1, 0.15) is 11.9 Å². The van der Waals surface area contributed by atoms with E-state index >= 15 is 0 Å². The van der Waals surface area contributed by atoms with E-state index in [2.05, 4.69) is 15.1 Å². The number of nitrogens with zero attached hydrogens (tertiary/aromatic N) is 4. The summed E-state index contributed by atoms with van der Waals surface area (Å²) in [7, 11) is 0. The normalized spacial score (nSPS) is 16.8. The molecule has 1 amide bonds. The lowest BCUT2D eigenvalue weighted by Crippen LogP contribution is -2.48. The highest BCUT2D eigenvalue weighted by atomic mass is 32.1. The maximum Gasteiger partial charge on any atom is 0.246 e. The Bertz CT molecular complexity index is 421. The molecule has 2 rings (SSSR count). The van der Waals surface area contributed by atoms with Crippen molar-refractivity contribution in [3.8, 4) is 0 Å². The van der Waals surface area contributed by atoms with Crippen molar-refractivity contribution in [2.75, 3.05) is 31.1 Å². The number of carbonyl (C=O) groups excluding carboxylic acids is 1. The van der Waals surface area contributed by atoms with Gasteiger partial charge in [-0.1, -0.05) is 17.4 Å². The molecule has 0 atom stereocenters. The second-order valence-electron chi connectivity index (χ2n) is 3.92. The number of aromatic nitrogens is 2. The van der Waals surface area contributed by atoms with Gasteiger partial charge in [0.1, 0.15) is 5.01 Å². The van der Waals surface area contributed by atoms with Crippen molar-refractivity contribution < 1.29 is 4.79 Å². The highest BCUT2D eigenvalue weighted by Gasteiger charge is 2.21. The molecule has 0 bridgehead atoms. The van der Waals surface area contributed by atoms with Crippen LogP contribution in [0, 0.1) is 6.92 Å². The minimum atomic E-state index is 0.0978. The van der Waals surface area contributed by atoms with Crippen molar-refractivity contribution in [3.63, 3.8) is 0 Å². The number of rotatable bonds is 2. The van der Waals surface area contributed by atoms with Gasteiger partial charge in [0.15, 0.2) is 0 Å². The van der Waals surface area contributed by atoms with Gasteiger partial charge in [0.25, 0.3) is 0 Å². The summed E-state index contributed by atoms with van der Waals surface area (Å²) in [4.78, 5) is 15.7. The van der Waals surface area contributed by atoms with E-state index in [4.69, 9.17) is 0 Å². The van der Waals surface area contributed by atoms with Crippen LogP contribution in [0.15, 0.2) is 12.2 Å². The summed E-state index contributed by atoms with van der Waals surface area (Å²) in [5.41, 5.74) is 0. The van der Waals surface area contributed by atoms with Crippen LogP contribution in [0.25, 0.3) is 0 Å². The maximum absolute atomic E-state index is 11.6. The van der Waals surface area contributed by atoms with E-state index in [1.54, 1.807) is 23.5 Å². The van der Waals surface area contributed by atoms with E-state index in [0.29, 0.717) is 0 Å². The van der Waals surface area contributed by atoms with Crippen LogP contribution in [-0.2, 0) is 4.79 Å². The van der Waals surface area contributed by atoms with E-state index in [0.717, 1.165) is 36.3 Å². The first-order valence-corrected chi connectivity index (χ1v) is 6.49. The van der Waals surface area contributed by atoms with Crippen molar-refractivity contribution in [1.82, 2.24) is 15.1 Å². The molecule has 0 aliphatic carbocycles. The van der Waals surface area contributed by atoms with E-state index in [-0.39, 0.29) is 5.91 Å². The number of allylic oxidation sites excluding steroid dienone is 1. The summed E-state index contributed by atoms with van der Waals surface area (Å²) in [6.45, 7) is 6.98. The minimum absolute atomic E-state index is 0.0978. The Hall–Kier alpha value is -1.43. The summed E-state index contributed by atoms with van der Waals surface area (Å²) < 4.78 is 0. The highest BCUT2D eigenvalue weighted by Crippen LogP contribution is 2.20. The number of hydrogen-bond donors (Lipinski definition) is 0. The number of carbonyl (C=O) groups is 1. The fraction of sp³-hybridized carbons (Fsp3) is 0.545. The minimum Gasteiger partial charge on any atom is -0.343 e. The summed E-state index contributed by atoms with van der Waals surface area (Å²) in [5, 5.41) is 10.1. The number of amides is 1. The van der Waals surface area contributed by atoms with Gasteiger partial charge in [-0.15, -0.1) is 10.2 Å². The smallest absolute Gasteiger partial charge is 0.246 e. The lowest BCUT2D eigenvalue weighted by Gasteiger charge is -2.33. The Kier molecular flexibility index (Phi) is 3.73. The molecule has 6 heteroatoms. The molecule has 0 radical (unpaired) electrons. The van der Waals surface area contributed by atoms with Gasteiger partial charge >= 0.3 is 0 Å². The van der Waals surface area contributed by atoms with Gasteiger partial charge in [-0.2, -0.15) is 0 Å². The van der Waals surface area contributed by atoms with Crippen molar-refractivity contribution in [2.45, 2.75) is 13.8 Å². The Balaban J connectivity index is 1.92. The molecule has 5 nitrogen and oxygen atoms in total. The third-order valence-corrected chi connectivity index (χ3v) is 3.59. The fourth-order valence-electron chi connectivity index (χ4n) is 1.78. The second-order valence-corrected chi connectivity index (χ2v) is 5.08. The highest BCUT2D eigenvalue weighted by molar-refractivity contribution is 7.15. The van der Waals surface area contributed by atoms with E-state index in [9.17, 15) is 4.79 Å². The molecule has 1 saturated heterocycles. The number of piperazine rings is 1. The predicted octanol–water partition coefficient (Wildman–Crippen LogP) is 1.07. The molecule has 1 aliphatic heterocycles. The quantitative estimate of drug-likeness (QED) is 0.739. The van der Waals surface area contributed by atoms with Gasteiger partial charge in [-0.3, -0.25) is 4.79 Å². The van der Waals surface area contributed by atoms with E-state index in [1.807, 2.05) is 18.7 Å². The van der Waals surface area contributed by atoms with Crippen LogP contribution in [0.3, 0.4) is 0 Å². The van der Waals surface area contributed by atoms with Gasteiger partial charge < -0.3 is 9.80 Å². The van der Waals surface area contributed by atoms with Crippen LogP contribution in [0.4, 0.5) is 5.13 Å². The fourth-order valence-corrected chi connectivity index (χ4v) is 2.52. The molecule has 0 N–H and O–H groups in total. The molecule has 92 valence electrons. The Morgan fingerprint density at radius 3 is 2.53 bits per heavy atom. The van der Waals surface area contributed by atoms with Crippen LogP contribution < -0.4 is 4.90 Å². The van der Waals surface area contributed by atoms with Gasteiger partial charge in [0.2, 0.25) is 11.0 Å². The summed E-state index contributed by atoms with van der Waals surface area (Å²) in [6.07, 6.45) is 3.40. The van der Waals surface area contributed by atoms with Gasteiger partial charge in [-0.25, -0.2) is 0 Å². The molecule has 0 unspecified atom stereocenters. The average molecular weight is 252 g/mol. The molecule has 0 aromatic carbocycles. The lowest BCUT2D eigenvalue weighted by molar-refractivity contribution is -0.126. The van der Waals surface area contributed by atoms with Crippen LogP contribution in [-0.4, -0.2) is 47.2 Å². The van der Waals surface area contributed by atoms with E-state index < -0.39 is 0 Å². The number of aryl methyl sites for hydroxylation is 1. The third kappa shape index (κ3) is 2.82. The van der Waals surface area contributed by atoms with Crippen molar-refractivity contribution in [3.05, 3.63) is 17.2 Å². The SMILES string of the molecule is C/C=C/C(=O)N1CCN(c2nnc(C)s2)CC1. The Labute approximate surface area is 105 Å². The number of hydrogen-bond acceptors (Lipinski definition) is 5. The molecule has 1 fully saturated rings. The Morgan fingerprint density at radius 2 is 2.00 bits per heavy atom. The maximum atomic E-state index is 11.6. The first kappa shape index (κ1) is 12.0. The van der Waals surface area contributed by atoms with Gasteiger partial charge in [0.05, 0.1) is 0 Å². The molecule has 0 saturated carbocycles. The topological polar surface area (TPSA) is 49.3 Å². The van der Waals surface area contributed by atoms with Crippen molar-refractivity contribution in [2.24, 2.45) is 0 Å². The molecule has 1 aromatic heterocycles. The van der Waals surface area contributed by atoms with Crippen molar-refractivity contribution >= 4 is 22.4 Å². The first-order chi connectivity index (χ1) is 8.20. The lowest BCUT2D eigenvalue weighted by atomic mass is 10.3. The largest absolute Gasteiger partial charge is 0.343 e. The van der Waals surface area contributed by atoms with Crippen LogP contribution >= 0.6 is 11.3 Å². The summed E-state index contributed by atoms with van der Waals surface area (Å²) in [6, 6.07) is 0. The zero-order chi connectivity index (χ0) is 12.3. The molecule has 1 aliphatic rings. The zero-order valence-electron chi connectivity index (χ0n) is 10.1. The van der Waals surface area contributed by atoms with Crippen molar-refractivity contribution in [1.29, 1.82) is 0 Å². The summed E-state index contributed by atoms with van der Waals surface area (Å²) >= 11 is 1.60. The summed E-state index contributed by atoms with van der Waals surface area (Å²) in [5.74, 6) is 0.0978. The van der Waals surface area contributed by atoms with E-state index in [1.165, 1.54) is 0 Å². The Morgan fingerprint density at radius 1 is 1.29 bits per heavy atom. The monoisotopic (exact) mass is 252 g/mol. The second kappa shape index (κ2) is 5.27.